The lowest BCUT2D eigenvalue weighted by Crippen LogP contribution is -2.14. The van der Waals surface area contributed by atoms with Crippen molar-refractivity contribution in [3.63, 3.8) is 0 Å². The van der Waals surface area contributed by atoms with Gasteiger partial charge in [0.2, 0.25) is 0 Å². The lowest BCUT2D eigenvalue weighted by molar-refractivity contribution is 0.796. The summed E-state index contributed by atoms with van der Waals surface area (Å²) < 4.78 is 0. The van der Waals surface area contributed by atoms with Crippen molar-refractivity contribution in [2.75, 3.05) is 0 Å². The Morgan fingerprint density at radius 1 is 0.708 bits per heavy atom. The van der Waals surface area contributed by atoms with E-state index in [0.29, 0.717) is 5.92 Å². The third kappa shape index (κ3) is 1.99. The van der Waals surface area contributed by atoms with Crippen LogP contribution in [0.2, 0.25) is 5.02 Å². The normalized spacial score (nSPS) is 20.1. The molecule has 1 atom stereocenters. The summed E-state index contributed by atoms with van der Waals surface area (Å²) in [4.78, 5) is 0. The first-order chi connectivity index (χ1) is 11.8. The number of hydrogen-bond donors (Lipinski definition) is 0. The standard InChI is InChI=1S/C23H19Cl/c24-19-13-11-18(12-14-19)22-15-23(22)20-7-3-1-5-16(20)9-10-17-6-2-4-8-21(17)23/h1-8,11-14,22H,9-10,15H2. The van der Waals surface area contributed by atoms with Gasteiger partial charge in [-0.05, 0) is 65.1 Å². The summed E-state index contributed by atoms with van der Waals surface area (Å²) in [5.41, 5.74) is 7.67. The van der Waals surface area contributed by atoms with E-state index in [9.17, 15) is 0 Å². The Bertz CT molecular complexity index is 860. The molecule has 1 fully saturated rings. The van der Waals surface area contributed by atoms with Crippen LogP contribution in [0.25, 0.3) is 0 Å². The zero-order chi connectivity index (χ0) is 16.1. The van der Waals surface area contributed by atoms with E-state index in [2.05, 4.69) is 60.7 Å². The summed E-state index contributed by atoms with van der Waals surface area (Å²) >= 11 is 6.10. The van der Waals surface area contributed by atoms with Gasteiger partial charge in [0.15, 0.2) is 0 Å². The Morgan fingerprint density at radius 2 is 1.25 bits per heavy atom. The van der Waals surface area contributed by atoms with Crippen molar-refractivity contribution in [2.24, 2.45) is 0 Å². The molecule has 0 heterocycles. The van der Waals surface area contributed by atoms with Gasteiger partial charge in [-0.15, -0.1) is 0 Å². The number of halogens is 1. The van der Waals surface area contributed by atoms with Crippen molar-refractivity contribution >= 4 is 11.6 Å². The molecule has 3 aromatic carbocycles. The molecule has 0 amide bonds. The first-order valence-corrected chi connectivity index (χ1v) is 9.09. The monoisotopic (exact) mass is 330 g/mol. The summed E-state index contributed by atoms with van der Waals surface area (Å²) in [7, 11) is 0. The van der Waals surface area contributed by atoms with Gasteiger partial charge in [0.25, 0.3) is 0 Å². The maximum Gasteiger partial charge on any atom is 0.0406 e. The second-order valence-corrected chi connectivity index (χ2v) is 7.53. The van der Waals surface area contributed by atoms with Crippen LogP contribution in [0, 0.1) is 0 Å². The molecule has 0 radical (unpaired) electrons. The van der Waals surface area contributed by atoms with Crippen molar-refractivity contribution < 1.29 is 0 Å². The summed E-state index contributed by atoms with van der Waals surface area (Å²) in [6.07, 6.45) is 3.48. The molecule has 2 aliphatic rings. The van der Waals surface area contributed by atoms with Gasteiger partial charge in [0.1, 0.15) is 0 Å². The number of fused-ring (bicyclic) bond motifs is 4. The molecule has 1 heteroatoms. The molecule has 1 unspecified atom stereocenters. The van der Waals surface area contributed by atoms with Crippen molar-refractivity contribution in [3.05, 3.63) is 106 Å². The summed E-state index contributed by atoms with van der Waals surface area (Å²) in [5.74, 6) is 0.551. The molecular weight excluding hydrogens is 312 g/mol. The Balaban J connectivity index is 1.72. The van der Waals surface area contributed by atoms with Crippen LogP contribution >= 0.6 is 11.6 Å². The predicted molar refractivity (Wildman–Crippen MR) is 99.9 cm³/mol. The second-order valence-electron chi connectivity index (χ2n) is 7.09. The minimum Gasteiger partial charge on any atom is -0.0843 e. The minimum absolute atomic E-state index is 0.150. The Labute approximate surface area is 148 Å². The van der Waals surface area contributed by atoms with Gasteiger partial charge in [-0.3, -0.25) is 0 Å². The fourth-order valence-corrected chi connectivity index (χ4v) is 4.84. The molecule has 3 aromatic rings. The van der Waals surface area contributed by atoms with Crippen LogP contribution in [0.5, 0.6) is 0 Å². The molecule has 0 nitrogen and oxygen atoms in total. The van der Waals surface area contributed by atoms with Crippen molar-refractivity contribution in [1.82, 2.24) is 0 Å². The maximum absolute atomic E-state index is 6.10. The number of aryl methyl sites for hydroxylation is 2. The van der Waals surface area contributed by atoms with Crippen LogP contribution in [0.15, 0.2) is 72.8 Å². The van der Waals surface area contributed by atoms with Gasteiger partial charge in [-0.1, -0.05) is 72.3 Å². The molecule has 0 N–H and O–H groups in total. The van der Waals surface area contributed by atoms with E-state index in [1.807, 2.05) is 12.1 Å². The Hall–Kier alpha value is -2.05. The molecule has 1 saturated carbocycles. The summed E-state index contributed by atoms with van der Waals surface area (Å²) in [6, 6.07) is 26.6. The molecule has 0 bridgehead atoms. The molecule has 0 saturated heterocycles. The number of rotatable bonds is 1. The van der Waals surface area contributed by atoms with Gasteiger partial charge in [-0.25, -0.2) is 0 Å². The highest BCUT2D eigenvalue weighted by Crippen LogP contribution is 2.66. The SMILES string of the molecule is Clc1ccc(C2CC23c2ccccc2CCc2ccccc23)cc1. The zero-order valence-corrected chi connectivity index (χ0v) is 14.3. The highest BCUT2D eigenvalue weighted by Gasteiger charge is 2.58. The van der Waals surface area contributed by atoms with Crippen molar-refractivity contribution in [3.8, 4) is 0 Å². The first-order valence-electron chi connectivity index (χ1n) is 8.71. The van der Waals surface area contributed by atoms with Crippen LogP contribution in [0.1, 0.15) is 40.2 Å². The fourth-order valence-electron chi connectivity index (χ4n) is 4.72. The van der Waals surface area contributed by atoms with Gasteiger partial charge in [-0.2, -0.15) is 0 Å². The van der Waals surface area contributed by atoms with Gasteiger partial charge in [0.05, 0.1) is 0 Å². The highest BCUT2D eigenvalue weighted by molar-refractivity contribution is 6.30. The van der Waals surface area contributed by atoms with Gasteiger partial charge in [0, 0.05) is 10.4 Å². The quantitative estimate of drug-likeness (QED) is 0.520. The largest absolute Gasteiger partial charge is 0.0843 e. The van der Waals surface area contributed by atoms with E-state index >= 15 is 0 Å². The van der Waals surface area contributed by atoms with Crippen LogP contribution < -0.4 is 0 Å². The average Bonchev–Trinajstić information content (AvgIpc) is 3.39. The first kappa shape index (κ1) is 14.3. The lowest BCUT2D eigenvalue weighted by Gasteiger charge is -2.22. The number of benzene rings is 3. The van der Waals surface area contributed by atoms with Crippen LogP contribution in [-0.4, -0.2) is 0 Å². The molecule has 24 heavy (non-hydrogen) atoms. The maximum atomic E-state index is 6.10. The smallest absolute Gasteiger partial charge is 0.0406 e. The van der Waals surface area contributed by atoms with E-state index in [0.717, 1.165) is 17.9 Å². The summed E-state index contributed by atoms with van der Waals surface area (Å²) in [6.45, 7) is 0. The minimum atomic E-state index is 0.150. The van der Waals surface area contributed by atoms with Crippen LogP contribution in [0.3, 0.4) is 0 Å². The van der Waals surface area contributed by atoms with E-state index in [-0.39, 0.29) is 5.41 Å². The van der Waals surface area contributed by atoms with Crippen molar-refractivity contribution in [2.45, 2.75) is 30.6 Å². The fraction of sp³-hybridized carbons (Fsp3) is 0.217. The molecule has 118 valence electrons. The molecule has 1 spiro atoms. The van der Waals surface area contributed by atoms with Gasteiger partial charge >= 0.3 is 0 Å². The Morgan fingerprint density at radius 3 is 1.83 bits per heavy atom. The molecule has 0 aromatic heterocycles. The topological polar surface area (TPSA) is 0 Å². The van der Waals surface area contributed by atoms with E-state index < -0.39 is 0 Å². The molecule has 5 rings (SSSR count). The summed E-state index contributed by atoms with van der Waals surface area (Å²) in [5, 5.41) is 0.815. The molecule has 2 aliphatic carbocycles. The highest BCUT2D eigenvalue weighted by atomic mass is 35.5. The van der Waals surface area contributed by atoms with E-state index in [1.165, 1.54) is 34.2 Å². The second kappa shape index (κ2) is 5.22. The van der Waals surface area contributed by atoms with Crippen LogP contribution in [0.4, 0.5) is 0 Å². The average molecular weight is 331 g/mol. The molecular formula is C23H19Cl. The predicted octanol–water partition coefficient (Wildman–Crippen LogP) is 5.91. The third-order valence-electron chi connectivity index (χ3n) is 5.89. The number of hydrogen-bond acceptors (Lipinski definition) is 0. The van der Waals surface area contributed by atoms with Gasteiger partial charge < -0.3 is 0 Å². The van der Waals surface area contributed by atoms with Crippen LogP contribution in [-0.2, 0) is 18.3 Å². The van der Waals surface area contributed by atoms with E-state index in [1.54, 1.807) is 0 Å². The molecule has 0 aliphatic heterocycles. The zero-order valence-electron chi connectivity index (χ0n) is 13.5. The third-order valence-corrected chi connectivity index (χ3v) is 6.14. The van der Waals surface area contributed by atoms with Crippen molar-refractivity contribution in [1.29, 1.82) is 0 Å². The van der Waals surface area contributed by atoms with E-state index in [4.69, 9.17) is 11.6 Å². The Kier molecular flexibility index (Phi) is 3.11. The lowest BCUT2D eigenvalue weighted by atomic mass is 9.81.